The molecule has 0 aromatic heterocycles. The highest BCUT2D eigenvalue weighted by Crippen LogP contribution is 2.39. The second kappa shape index (κ2) is 8.95. The van der Waals surface area contributed by atoms with Gasteiger partial charge in [0.1, 0.15) is 11.1 Å². The molecule has 0 bridgehead atoms. The number of ether oxygens (including phenoxy) is 1. The van der Waals surface area contributed by atoms with Crippen molar-refractivity contribution in [1.82, 2.24) is 4.90 Å². The molecule has 1 unspecified atom stereocenters. The Morgan fingerprint density at radius 3 is 2.85 bits per heavy atom. The molecule has 1 aliphatic heterocycles. The van der Waals surface area contributed by atoms with Crippen LogP contribution in [-0.4, -0.2) is 35.6 Å². The molecule has 0 saturated carbocycles. The van der Waals surface area contributed by atoms with Gasteiger partial charge in [-0.3, -0.25) is 9.59 Å². The Balaban J connectivity index is 1.54. The number of anilines is 1. The van der Waals surface area contributed by atoms with E-state index in [9.17, 15) is 9.59 Å². The Kier molecular flexibility index (Phi) is 6.40. The Morgan fingerprint density at radius 1 is 1.26 bits per heavy atom. The van der Waals surface area contributed by atoms with Crippen molar-refractivity contribution in [3.8, 4) is 5.75 Å². The molecule has 6 heteroatoms. The van der Waals surface area contributed by atoms with Crippen LogP contribution in [0.4, 0.5) is 5.69 Å². The Bertz CT molecular complexity index is 825. The third kappa shape index (κ3) is 5.04. The molecule has 2 amide bonds. The lowest BCUT2D eigenvalue weighted by molar-refractivity contribution is -0.128. The van der Waals surface area contributed by atoms with Crippen molar-refractivity contribution in [1.29, 1.82) is 0 Å². The molecule has 2 aromatic rings. The van der Waals surface area contributed by atoms with Gasteiger partial charge in [0.05, 0.1) is 12.4 Å². The van der Waals surface area contributed by atoms with Crippen molar-refractivity contribution < 1.29 is 14.3 Å². The summed E-state index contributed by atoms with van der Waals surface area (Å²) < 4.78 is 5.79. The van der Waals surface area contributed by atoms with Crippen molar-refractivity contribution in [2.45, 2.75) is 25.6 Å². The molecular formula is C21H24N2O3S. The fraction of sp³-hybridized carbons (Fsp3) is 0.333. The van der Waals surface area contributed by atoms with E-state index in [2.05, 4.69) is 24.4 Å². The standard InChI is InChI=1S/C21H24N2O3S/c1-15-7-3-4-10-19(15)21-23(20(25)14-27-21)11-6-12-26-18-9-5-8-17(13-18)22-16(2)24/h3-5,7-10,13,21H,6,11-12,14H2,1-2H3,(H,22,24). The van der Waals surface area contributed by atoms with Crippen LogP contribution in [0.2, 0.25) is 0 Å². The van der Waals surface area contributed by atoms with Gasteiger partial charge in [-0.1, -0.05) is 30.3 Å². The first-order chi connectivity index (χ1) is 13.0. The van der Waals surface area contributed by atoms with Crippen LogP contribution in [0.25, 0.3) is 0 Å². The van der Waals surface area contributed by atoms with E-state index in [1.165, 1.54) is 18.1 Å². The molecule has 142 valence electrons. The molecule has 0 spiro atoms. The number of hydrogen-bond acceptors (Lipinski definition) is 4. The van der Waals surface area contributed by atoms with Gasteiger partial charge in [-0.25, -0.2) is 0 Å². The van der Waals surface area contributed by atoms with Gasteiger partial charge in [0, 0.05) is 25.2 Å². The maximum atomic E-state index is 12.3. The number of carbonyl (C=O) groups excluding carboxylic acids is 2. The molecule has 1 atom stereocenters. The average Bonchev–Trinajstić information content (AvgIpc) is 2.99. The third-order valence-electron chi connectivity index (χ3n) is 4.39. The van der Waals surface area contributed by atoms with Crippen LogP contribution >= 0.6 is 11.8 Å². The quantitative estimate of drug-likeness (QED) is 0.733. The molecule has 0 aliphatic carbocycles. The number of carbonyl (C=O) groups is 2. The van der Waals surface area contributed by atoms with Crippen molar-refractivity contribution in [3.63, 3.8) is 0 Å². The maximum absolute atomic E-state index is 12.3. The van der Waals surface area contributed by atoms with Gasteiger partial charge in [-0.05, 0) is 36.6 Å². The molecule has 1 aliphatic rings. The Labute approximate surface area is 164 Å². The van der Waals surface area contributed by atoms with Gasteiger partial charge in [0.2, 0.25) is 11.8 Å². The number of rotatable bonds is 7. The predicted octanol–water partition coefficient (Wildman–Crippen LogP) is 4.00. The summed E-state index contributed by atoms with van der Waals surface area (Å²) in [5, 5.41) is 2.83. The van der Waals surface area contributed by atoms with Crippen LogP contribution in [0.15, 0.2) is 48.5 Å². The Hall–Kier alpha value is -2.47. The van der Waals surface area contributed by atoms with E-state index in [0.29, 0.717) is 30.3 Å². The number of benzene rings is 2. The number of nitrogens with one attached hydrogen (secondary N) is 1. The Morgan fingerprint density at radius 2 is 2.07 bits per heavy atom. The highest BCUT2D eigenvalue weighted by Gasteiger charge is 2.32. The van der Waals surface area contributed by atoms with E-state index < -0.39 is 0 Å². The van der Waals surface area contributed by atoms with Crippen molar-refractivity contribution >= 4 is 29.3 Å². The molecule has 1 N–H and O–H groups in total. The predicted molar refractivity (Wildman–Crippen MR) is 109 cm³/mol. The van der Waals surface area contributed by atoms with Crippen LogP contribution in [-0.2, 0) is 9.59 Å². The fourth-order valence-electron chi connectivity index (χ4n) is 3.11. The average molecular weight is 385 g/mol. The summed E-state index contributed by atoms with van der Waals surface area (Å²) in [6, 6.07) is 15.6. The summed E-state index contributed by atoms with van der Waals surface area (Å²) in [7, 11) is 0. The lowest BCUT2D eigenvalue weighted by Crippen LogP contribution is -2.30. The van der Waals surface area contributed by atoms with E-state index in [4.69, 9.17) is 4.74 Å². The molecule has 1 saturated heterocycles. The minimum atomic E-state index is -0.112. The minimum absolute atomic E-state index is 0.0850. The third-order valence-corrected chi connectivity index (χ3v) is 5.63. The van der Waals surface area contributed by atoms with Crippen LogP contribution in [0, 0.1) is 6.92 Å². The number of aryl methyl sites for hydroxylation is 1. The second-order valence-corrected chi connectivity index (χ2v) is 7.59. The molecule has 1 fully saturated rings. The van der Waals surface area contributed by atoms with E-state index in [0.717, 1.165) is 6.42 Å². The molecular weight excluding hydrogens is 360 g/mol. The molecule has 2 aromatic carbocycles. The zero-order valence-electron chi connectivity index (χ0n) is 15.6. The lowest BCUT2D eigenvalue weighted by atomic mass is 10.1. The normalized spacial score (nSPS) is 16.4. The summed E-state index contributed by atoms with van der Waals surface area (Å²) in [5.74, 6) is 1.30. The molecule has 1 heterocycles. The van der Waals surface area contributed by atoms with E-state index in [1.807, 2.05) is 35.2 Å². The topological polar surface area (TPSA) is 58.6 Å². The smallest absolute Gasteiger partial charge is 0.233 e. The van der Waals surface area contributed by atoms with Crippen LogP contribution < -0.4 is 10.1 Å². The fourth-order valence-corrected chi connectivity index (χ4v) is 4.42. The largest absolute Gasteiger partial charge is 0.493 e. The van der Waals surface area contributed by atoms with Crippen molar-refractivity contribution in [2.75, 3.05) is 24.2 Å². The monoisotopic (exact) mass is 384 g/mol. The second-order valence-electron chi connectivity index (χ2n) is 6.52. The van der Waals surface area contributed by atoms with Gasteiger partial charge in [-0.15, -0.1) is 11.8 Å². The van der Waals surface area contributed by atoms with Gasteiger partial charge in [-0.2, -0.15) is 0 Å². The molecule has 3 rings (SSSR count). The van der Waals surface area contributed by atoms with Crippen molar-refractivity contribution in [3.05, 3.63) is 59.7 Å². The zero-order chi connectivity index (χ0) is 19.2. The zero-order valence-corrected chi connectivity index (χ0v) is 16.4. The highest BCUT2D eigenvalue weighted by atomic mass is 32.2. The summed E-state index contributed by atoms with van der Waals surface area (Å²) in [6.07, 6.45) is 0.749. The number of hydrogen-bond donors (Lipinski definition) is 1. The minimum Gasteiger partial charge on any atom is -0.493 e. The van der Waals surface area contributed by atoms with Crippen LogP contribution in [0.1, 0.15) is 29.8 Å². The number of thioether (sulfide) groups is 1. The first-order valence-corrected chi connectivity index (χ1v) is 10.1. The van der Waals surface area contributed by atoms with E-state index >= 15 is 0 Å². The maximum Gasteiger partial charge on any atom is 0.233 e. The van der Waals surface area contributed by atoms with E-state index in [-0.39, 0.29) is 17.2 Å². The van der Waals surface area contributed by atoms with Crippen molar-refractivity contribution in [2.24, 2.45) is 0 Å². The lowest BCUT2D eigenvalue weighted by Gasteiger charge is -2.25. The summed E-state index contributed by atoms with van der Waals surface area (Å²) >= 11 is 1.68. The molecule has 0 radical (unpaired) electrons. The van der Waals surface area contributed by atoms with E-state index in [1.54, 1.807) is 17.8 Å². The van der Waals surface area contributed by atoms with Gasteiger partial charge >= 0.3 is 0 Å². The summed E-state index contributed by atoms with van der Waals surface area (Å²) in [6.45, 7) is 4.74. The summed E-state index contributed by atoms with van der Waals surface area (Å²) in [5.41, 5.74) is 3.13. The van der Waals surface area contributed by atoms with Crippen LogP contribution in [0.5, 0.6) is 5.75 Å². The summed E-state index contributed by atoms with van der Waals surface area (Å²) in [4.78, 5) is 25.4. The van der Waals surface area contributed by atoms with Gasteiger partial charge < -0.3 is 15.0 Å². The number of nitrogens with zero attached hydrogens (tertiary/aromatic N) is 1. The molecule has 27 heavy (non-hydrogen) atoms. The first kappa shape index (κ1) is 19.3. The molecule has 5 nitrogen and oxygen atoms in total. The number of amides is 2. The highest BCUT2D eigenvalue weighted by molar-refractivity contribution is 8.00. The van der Waals surface area contributed by atoms with Crippen LogP contribution in [0.3, 0.4) is 0 Å². The van der Waals surface area contributed by atoms with Gasteiger partial charge in [0.25, 0.3) is 0 Å². The first-order valence-electron chi connectivity index (χ1n) is 9.01. The SMILES string of the molecule is CC(=O)Nc1cccc(OCCCN2C(=O)CSC2c2ccccc2C)c1. The van der Waals surface area contributed by atoms with Gasteiger partial charge in [0.15, 0.2) is 0 Å².